The summed E-state index contributed by atoms with van der Waals surface area (Å²) in [7, 11) is 0. The van der Waals surface area contributed by atoms with Crippen molar-refractivity contribution in [1.29, 1.82) is 0 Å². The number of nitrogens with zero attached hydrogens (tertiary/aromatic N) is 2. The number of carbonyl (C=O) groups excluding carboxylic acids is 1. The number of hydrogen-bond donors (Lipinski definition) is 1. The molecule has 2 atom stereocenters. The summed E-state index contributed by atoms with van der Waals surface area (Å²) in [6.07, 6.45) is 8.68. The van der Waals surface area contributed by atoms with Crippen molar-refractivity contribution >= 4 is 5.91 Å². The fraction of sp³-hybridized carbons (Fsp3) is 0.500. The maximum absolute atomic E-state index is 12.5. The lowest BCUT2D eigenvalue weighted by Gasteiger charge is -2.26. The Hall–Kier alpha value is -2.10. The van der Waals surface area contributed by atoms with Crippen molar-refractivity contribution in [1.82, 2.24) is 15.1 Å². The lowest BCUT2D eigenvalue weighted by Crippen LogP contribution is -2.33. The second kappa shape index (κ2) is 6.42. The van der Waals surface area contributed by atoms with E-state index in [2.05, 4.69) is 47.8 Å². The first-order chi connectivity index (χ1) is 11.7. The van der Waals surface area contributed by atoms with E-state index in [1.807, 2.05) is 4.68 Å². The third-order valence-electron chi connectivity index (χ3n) is 5.38. The van der Waals surface area contributed by atoms with Crippen molar-refractivity contribution in [2.24, 2.45) is 5.92 Å². The van der Waals surface area contributed by atoms with Crippen LogP contribution in [0.5, 0.6) is 0 Å². The third-order valence-corrected chi connectivity index (χ3v) is 5.38. The van der Waals surface area contributed by atoms with Gasteiger partial charge in [-0.15, -0.1) is 0 Å². The molecule has 2 aliphatic carbocycles. The molecule has 0 radical (unpaired) electrons. The number of fused-ring (bicyclic) bond motifs is 2. The van der Waals surface area contributed by atoms with Gasteiger partial charge in [0.2, 0.25) is 5.91 Å². The molecule has 4 heteroatoms. The van der Waals surface area contributed by atoms with E-state index >= 15 is 0 Å². The molecule has 0 saturated heterocycles. The van der Waals surface area contributed by atoms with Crippen LogP contribution in [-0.2, 0) is 30.6 Å². The highest BCUT2D eigenvalue weighted by molar-refractivity contribution is 5.76. The van der Waals surface area contributed by atoms with Gasteiger partial charge in [-0.3, -0.25) is 9.48 Å². The second-order valence-electron chi connectivity index (χ2n) is 7.36. The van der Waals surface area contributed by atoms with E-state index in [9.17, 15) is 4.79 Å². The van der Waals surface area contributed by atoms with Crippen molar-refractivity contribution in [2.45, 2.75) is 58.0 Å². The fourth-order valence-corrected chi connectivity index (χ4v) is 4.12. The second-order valence-corrected chi connectivity index (χ2v) is 7.36. The molecule has 1 N–H and O–H groups in total. The highest BCUT2D eigenvalue weighted by atomic mass is 16.2. The summed E-state index contributed by atoms with van der Waals surface area (Å²) in [5.74, 6) is 0.785. The van der Waals surface area contributed by atoms with E-state index in [1.54, 1.807) is 0 Å². The lowest BCUT2D eigenvalue weighted by atomic mass is 9.88. The molecule has 0 aliphatic heterocycles. The van der Waals surface area contributed by atoms with Crippen LogP contribution in [0.2, 0.25) is 0 Å². The minimum Gasteiger partial charge on any atom is -0.348 e. The molecule has 1 amide bonds. The summed E-state index contributed by atoms with van der Waals surface area (Å²) < 4.78 is 1.83. The van der Waals surface area contributed by atoms with Gasteiger partial charge in [-0.2, -0.15) is 5.10 Å². The van der Waals surface area contributed by atoms with E-state index in [-0.39, 0.29) is 11.9 Å². The summed E-state index contributed by atoms with van der Waals surface area (Å²) in [5.41, 5.74) is 5.16. The van der Waals surface area contributed by atoms with E-state index in [4.69, 9.17) is 0 Å². The number of aromatic nitrogens is 2. The van der Waals surface area contributed by atoms with Crippen molar-refractivity contribution in [2.75, 3.05) is 0 Å². The Bertz CT molecular complexity index is 749. The lowest BCUT2D eigenvalue weighted by molar-refractivity contribution is -0.122. The predicted octanol–water partition coefficient (Wildman–Crippen LogP) is 3.20. The van der Waals surface area contributed by atoms with Crippen molar-refractivity contribution in [3.63, 3.8) is 0 Å². The maximum atomic E-state index is 12.5. The van der Waals surface area contributed by atoms with Crippen LogP contribution in [0.4, 0.5) is 0 Å². The van der Waals surface area contributed by atoms with E-state index < -0.39 is 0 Å². The molecule has 2 aliphatic rings. The molecular weight excluding hydrogens is 298 g/mol. The monoisotopic (exact) mass is 323 g/mol. The summed E-state index contributed by atoms with van der Waals surface area (Å²) in [5, 5.41) is 7.83. The molecule has 1 heterocycles. The third kappa shape index (κ3) is 3.10. The first-order valence-corrected chi connectivity index (χ1v) is 9.11. The Morgan fingerprint density at radius 3 is 3.04 bits per heavy atom. The number of aryl methyl sites for hydroxylation is 2. The molecule has 0 saturated carbocycles. The van der Waals surface area contributed by atoms with Crippen LogP contribution in [-0.4, -0.2) is 15.7 Å². The van der Waals surface area contributed by atoms with Gasteiger partial charge in [0.1, 0.15) is 6.54 Å². The molecule has 0 bridgehead atoms. The molecule has 4 nitrogen and oxygen atoms in total. The summed E-state index contributed by atoms with van der Waals surface area (Å²) in [6.45, 7) is 2.60. The topological polar surface area (TPSA) is 46.9 Å². The maximum Gasteiger partial charge on any atom is 0.242 e. The van der Waals surface area contributed by atoms with Gasteiger partial charge in [0.15, 0.2) is 0 Å². The average Bonchev–Trinajstić information content (AvgIpc) is 2.96. The van der Waals surface area contributed by atoms with Gasteiger partial charge < -0.3 is 5.32 Å². The molecule has 0 spiro atoms. The number of rotatable bonds is 3. The Kier molecular flexibility index (Phi) is 4.13. The first-order valence-electron chi connectivity index (χ1n) is 9.11. The van der Waals surface area contributed by atoms with Crippen LogP contribution in [0, 0.1) is 5.92 Å². The van der Waals surface area contributed by atoms with E-state index in [1.165, 1.54) is 28.8 Å². The summed E-state index contributed by atoms with van der Waals surface area (Å²) in [4.78, 5) is 12.5. The van der Waals surface area contributed by atoms with Crippen molar-refractivity contribution in [3.8, 4) is 0 Å². The first kappa shape index (κ1) is 15.4. The zero-order chi connectivity index (χ0) is 16.5. The number of nitrogens with one attached hydrogen (secondary N) is 1. The number of amides is 1. The molecule has 4 rings (SSSR count). The number of hydrogen-bond acceptors (Lipinski definition) is 2. The van der Waals surface area contributed by atoms with Gasteiger partial charge >= 0.3 is 0 Å². The molecule has 1 aromatic carbocycles. The molecular formula is C20H25N3O. The molecule has 0 fully saturated rings. The number of benzene rings is 1. The molecule has 2 aromatic rings. The normalized spacial score (nSPS) is 22.5. The van der Waals surface area contributed by atoms with Gasteiger partial charge in [0.25, 0.3) is 0 Å². The average molecular weight is 323 g/mol. The highest BCUT2D eigenvalue weighted by Gasteiger charge is 2.22. The highest BCUT2D eigenvalue weighted by Crippen LogP contribution is 2.29. The van der Waals surface area contributed by atoms with Crippen LogP contribution in [0.15, 0.2) is 30.5 Å². The van der Waals surface area contributed by atoms with Crippen LogP contribution in [0.25, 0.3) is 0 Å². The van der Waals surface area contributed by atoms with Crippen LogP contribution >= 0.6 is 0 Å². The van der Waals surface area contributed by atoms with Crippen LogP contribution < -0.4 is 5.32 Å². The van der Waals surface area contributed by atoms with Gasteiger partial charge in [-0.25, -0.2) is 0 Å². The van der Waals surface area contributed by atoms with Crippen molar-refractivity contribution in [3.05, 3.63) is 52.8 Å². The SMILES string of the molecule is C[C@@H]1CCc2nn(CC(=O)N[C@H]3CCCc4ccccc43)cc2C1. The Balaban J connectivity index is 1.43. The Morgan fingerprint density at radius 1 is 1.25 bits per heavy atom. The van der Waals surface area contributed by atoms with Crippen LogP contribution in [0.3, 0.4) is 0 Å². The summed E-state index contributed by atoms with van der Waals surface area (Å²) >= 11 is 0. The standard InChI is InChI=1S/C20H25N3O/c1-14-9-10-18-16(11-14)12-23(22-18)13-20(24)21-19-8-4-6-15-5-2-3-7-17(15)19/h2-3,5,7,12,14,19H,4,6,8-11,13H2,1H3,(H,21,24)/t14-,19+/m1/s1. The zero-order valence-corrected chi connectivity index (χ0v) is 14.3. The van der Waals surface area contributed by atoms with Crippen LogP contribution in [0.1, 0.15) is 54.6 Å². The quantitative estimate of drug-likeness (QED) is 0.943. The van der Waals surface area contributed by atoms with Gasteiger partial charge in [0, 0.05) is 6.20 Å². The summed E-state index contributed by atoms with van der Waals surface area (Å²) in [6, 6.07) is 8.61. The molecule has 1 aromatic heterocycles. The Labute approximate surface area is 143 Å². The molecule has 126 valence electrons. The molecule has 24 heavy (non-hydrogen) atoms. The smallest absolute Gasteiger partial charge is 0.242 e. The Morgan fingerprint density at radius 2 is 2.12 bits per heavy atom. The van der Waals surface area contributed by atoms with E-state index in [0.29, 0.717) is 6.54 Å². The number of carbonyl (C=O) groups is 1. The minimum absolute atomic E-state index is 0.0598. The largest absolute Gasteiger partial charge is 0.348 e. The predicted molar refractivity (Wildman–Crippen MR) is 93.7 cm³/mol. The van der Waals surface area contributed by atoms with E-state index in [0.717, 1.165) is 38.0 Å². The van der Waals surface area contributed by atoms with Crippen molar-refractivity contribution < 1.29 is 4.79 Å². The minimum atomic E-state index is 0.0598. The fourth-order valence-electron chi connectivity index (χ4n) is 4.12. The van der Waals surface area contributed by atoms with Gasteiger partial charge in [0.05, 0.1) is 11.7 Å². The molecule has 0 unspecified atom stereocenters. The van der Waals surface area contributed by atoms with Gasteiger partial charge in [-0.1, -0.05) is 31.2 Å². The zero-order valence-electron chi connectivity index (χ0n) is 14.3. The van der Waals surface area contributed by atoms with Gasteiger partial charge in [-0.05, 0) is 61.1 Å².